The number of phenols is 1. The van der Waals surface area contributed by atoms with Crippen LogP contribution in [-0.4, -0.2) is 22.2 Å². The van der Waals surface area contributed by atoms with Crippen LogP contribution in [0.2, 0.25) is 5.02 Å². The van der Waals surface area contributed by atoms with Crippen molar-refractivity contribution < 1.29 is 9.90 Å². The van der Waals surface area contributed by atoms with Crippen molar-refractivity contribution in [2.75, 3.05) is 0 Å². The summed E-state index contributed by atoms with van der Waals surface area (Å²) >= 11 is 6.19. The van der Waals surface area contributed by atoms with E-state index in [4.69, 9.17) is 11.6 Å². The van der Waals surface area contributed by atoms with Gasteiger partial charge in [0.2, 0.25) is 0 Å². The molecule has 0 bridgehead atoms. The summed E-state index contributed by atoms with van der Waals surface area (Å²) < 4.78 is 0. The third-order valence-corrected chi connectivity index (χ3v) is 4.13. The monoisotopic (exact) mass is 365 g/mol. The number of phenolic OH excluding ortho intramolecular Hbond substituents is 1. The van der Waals surface area contributed by atoms with Crippen LogP contribution < -0.4 is 5.43 Å². The van der Waals surface area contributed by atoms with Crippen molar-refractivity contribution in [3.8, 4) is 5.75 Å². The van der Waals surface area contributed by atoms with Crippen molar-refractivity contribution in [3.63, 3.8) is 0 Å². The van der Waals surface area contributed by atoms with E-state index in [1.807, 2.05) is 30.3 Å². The molecule has 0 saturated heterocycles. The van der Waals surface area contributed by atoms with Gasteiger partial charge in [0.15, 0.2) is 0 Å². The average molecular weight is 366 g/mol. The average Bonchev–Trinajstić information content (AvgIpc) is 2.66. The van der Waals surface area contributed by atoms with E-state index in [9.17, 15) is 9.90 Å². The second kappa shape index (κ2) is 8.27. The van der Waals surface area contributed by atoms with E-state index in [1.54, 1.807) is 24.3 Å². The molecule has 3 aromatic rings. The van der Waals surface area contributed by atoms with Crippen LogP contribution in [0.1, 0.15) is 27.0 Å². The van der Waals surface area contributed by atoms with Gasteiger partial charge >= 0.3 is 0 Å². The molecule has 5 nitrogen and oxygen atoms in total. The first-order valence-corrected chi connectivity index (χ1v) is 8.30. The normalized spacial score (nSPS) is 10.8. The summed E-state index contributed by atoms with van der Waals surface area (Å²) in [5.41, 5.74) is 5.34. The molecular weight excluding hydrogens is 350 g/mol. The second-order valence-electron chi connectivity index (χ2n) is 5.60. The van der Waals surface area contributed by atoms with Crippen LogP contribution in [0.4, 0.5) is 0 Å². The third kappa shape index (κ3) is 4.46. The predicted molar refractivity (Wildman–Crippen MR) is 102 cm³/mol. The van der Waals surface area contributed by atoms with Gasteiger partial charge in [-0.25, -0.2) is 5.43 Å². The molecule has 0 unspecified atom stereocenters. The fourth-order valence-corrected chi connectivity index (χ4v) is 2.61. The van der Waals surface area contributed by atoms with E-state index in [2.05, 4.69) is 15.5 Å². The molecule has 0 spiro atoms. The lowest BCUT2D eigenvalue weighted by Gasteiger charge is -2.07. The van der Waals surface area contributed by atoms with Gasteiger partial charge in [-0.3, -0.25) is 9.78 Å². The number of carbonyl (C=O) groups excluding carboxylic acids is 1. The Morgan fingerprint density at radius 1 is 1.15 bits per heavy atom. The number of halogens is 1. The molecular formula is C20H16ClN3O2. The maximum Gasteiger partial charge on any atom is 0.271 e. The van der Waals surface area contributed by atoms with Gasteiger partial charge in [0.1, 0.15) is 5.75 Å². The number of pyridine rings is 1. The molecule has 1 heterocycles. The standard InChI is InChI=1S/C20H16ClN3O2/c21-18-4-2-1-3-16(18)11-14-5-6-19(25)17(12-14)13-23-24-20(26)15-7-9-22-10-8-15/h1-10,12-13,25H,11H2,(H,24,26)/b23-13+. The van der Waals surface area contributed by atoms with E-state index in [0.717, 1.165) is 11.1 Å². The summed E-state index contributed by atoms with van der Waals surface area (Å²) in [7, 11) is 0. The number of rotatable bonds is 5. The molecule has 0 aliphatic heterocycles. The number of carbonyl (C=O) groups is 1. The molecule has 0 aliphatic carbocycles. The molecule has 26 heavy (non-hydrogen) atoms. The highest BCUT2D eigenvalue weighted by atomic mass is 35.5. The Balaban J connectivity index is 1.72. The lowest BCUT2D eigenvalue weighted by atomic mass is 10.0. The molecule has 1 amide bonds. The van der Waals surface area contributed by atoms with Gasteiger partial charge in [-0.2, -0.15) is 5.10 Å². The number of nitrogens with zero attached hydrogens (tertiary/aromatic N) is 2. The molecule has 0 aliphatic rings. The van der Waals surface area contributed by atoms with Gasteiger partial charge in [-0.05, 0) is 47.9 Å². The van der Waals surface area contributed by atoms with Crippen molar-refractivity contribution in [2.45, 2.75) is 6.42 Å². The SMILES string of the molecule is O=C(N/N=C/c1cc(Cc2ccccc2Cl)ccc1O)c1ccncc1. The molecule has 0 atom stereocenters. The molecule has 1 aromatic heterocycles. The maximum absolute atomic E-state index is 11.9. The Labute approximate surface area is 156 Å². The number of hydrazone groups is 1. The fraction of sp³-hybridized carbons (Fsp3) is 0.0500. The van der Waals surface area contributed by atoms with Gasteiger partial charge in [-0.1, -0.05) is 35.9 Å². The van der Waals surface area contributed by atoms with Crippen molar-refractivity contribution in [2.24, 2.45) is 5.10 Å². The van der Waals surface area contributed by atoms with Gasteiger partial charge in [0, 0.05) is 28.5 Å². The number of nitrogens with one attached hydrogen (secondary N) is 1. The fourth-order valence-electron chi connectivity index (χ4n) is 2.41. The Morgan fingerprint density at radius 3 is 2.69 bits per heavy atom. The lowest BCUT2D eigenvalue weighted by Crippen LogP contribution is -2.17. The Morgan fingerprint density at radius 2 is 1.92 bits per heavy atom. The van der Waals surface area contributed by atoms with Crippen LogP contribution in [0.15, 0.2) is 72.1 Å². The number of benzene rings is 2. The summed E-state index contributed by atoms with van der Waals surface area (Å²) in [5.74, 6) is -0.273. The van der Waals surface area contributed by atoms with E-state index in [1.165, 1.54) is 18.6 Å². The summed E-state index contributed by atoms with van der Waals surface area (Å²) in [6.45, 7) is 0. The highest BCUT2D eigenvalue weighted by molar-refractivity contribution is 6.31. The van der Waals surface area contributed by atoms with E-state index < -0.39 is 0 Å². The van der Waals surface area contributed by atoms with Crippen LogP contribution >= 0.6 is 11.6 Å². The van der Waals surface area contributed by atoms with E-state index in [0.29, 0.717) is 22.6 Å². The first-order chi connectivity index (χ1) is 12.6. The largest absolute Gasteiger partial charge is 0.507 e. The summed E-state index contributed by atoms with van der Waals surface area (Å²) in [5, 5.41) is 14.6. The number of hydrogen-bond donors (Lipinski definition) is 2. The highest BCUT2D eigenvalue weighted by Gasteiger charge is 2.06. The van der Waals surface area contributed by atoms with Crippen LogP contribution in [0, 0.1) is 0 Å². The summed E-state index contributed by atoms with van der Waals surface area (Å²) in [4.78, 5) is 15.8. The zero-order valence-electron chi connectivity index (χ0n) is 13.8. The first-order valence-electron chi connectivity index (χ1n) is 7.92. The Hall–Kier alpha value is -3.18. The predicted octanol–water partition coefficient (Wildman–Crippen LogP) is 3.80. The minimum Gasteiger partial charge on any atom is -0.507 e. The van der Waals surface area contributed by atoms with Crippen molar-refractivity contribution >= 4 is 23.7 Å². The maximum atomic E-state index is 11.9. The number of aromatic hydroxyl groups is 1. The number of aromatic nitrogens is 1. The zero-order chi connectivity index (χ0) is 18.4. The second-order valence-corrected chi connectivity index (χ2v) is 6.00. The lowest BCUT2D eigenvalue weighted by molar-refractivity contribution is 0.0955. The van der Waals surface area contributed by atoms with E-state index >= 15 is 0 Å². The molecule has 6 heteroatoms. The van der Waals surface area contributed by atoms with Crippen molar-refractivity contribution in [1.82, 2.24) is 10.4 Å². The van der Waals surface area contributed by atoms with Crippen LogP contribution in [0.25, 0.3) is 0 Å². The topological polar surface area (TPSA) is 74.6 Å². The van der Waals surface area contributed by atoms with Gasteiger partial charge in [0.05, 0.1) is 6.21 Å². The molecule has 0 saturated carbocycles. The summed E-state index contributed by atoms with van der Waals surface area (Å²) in [6, 6.07) is 16.0. The smallest absolute Gasteiger partial charge is 0.271 e. The minimum atomic E-state index is -0.352. The number of amides is 1. The number of hydrogen-bond acceptors (Lipinski definition) is 4. The summed E-state index contributed by atoms with van der Waals surface area (Å²) in [6.07, 6.45) is 5.10. The van der Waals surface area contributed by atoms with Crippen molar-refractivity contribution in [1.29, 1.82) is 0 Å². The molecule has 2 aromatic carbocycles. The molecule has 3 rings (SSSR count). The van der Waals surface area contributed by atoms with Crippen LogP contribution in [-0.2, 0) is 6.42 Å². The molecule has 0 fully saturated rings. The minimum absolute atomic E-state index is 0.0785. The Bertz CT molecular complexity index is 943. The quantitative estimate of drug-likeness (QED) is 0.533. The van der Waals surface area contributed by atoms with Gasteiger partial charge < -0.3 is 5.11 Å². The van der Waals surface area contributed by atoms with Crippen molar-refractivity contribution in [3.05, 3.63) is 94.3 Å². The van der Waals surface area contributed by atoms with E-state index in [-0.39, 0.29) is 11.7 Å². The van der Waals surface area contributed by atoms with Gasteiger partial charge in [0.25, 0.3) is 5.91 Å². The molecule has 130 valence electrons. The first kappa shape index (κ1) is 17.6. The molecule has 2 N–H and O–H groups in total. The highest BCUT2D eigenvalue weighted by Crippen LogP contribution is 2.22. The molecule has 0 radical (unpaired) electrons. The zero-order valence-corrected chi connectivity index (χ0v) is 14.5. The third-order valence-electron chi connectivity index (χ3n) is 3.76. The van der Waals surface area contributed by atoms with Gasteiger partial charge in [-0.15, -0.1) is 0 Å². The van der Waals surface area contributed by atoms with Crippen LogP contribution in [0.5, 0.6) is 5.75 Å². The van der Waals surface area contributed by atoms with Crippen LogP contribution in [0.3, 0.4) is 0 Å². The Kier molecular flexibility index (Phi) is 5.61.